The molecular formula is C44H69NO6. The quantitative estimate of drug-likeness (QED) is 0.174. The largest absolute Gasteiger partial charge is 0.446 e. The number of hydrogen-bond donors (Lipinski definition) is 2. The fraction of sp³-hybridized carbons (Fsp3) is 0.864. The second-order valence-corrected chi connectivity index (χ2v) is 19.5. The second kappa shape index (κ2) is 13.9. The Kier molecular flexibility index (Phi) is 10.2. The van der Waals surface area contributed by atoms with Gasteiger partial charge < -0.3 is 24.6 Å². The summed E-state index contributed by atoms with van der Waals surface area (Å²) in [5.41, 5.74) is -1.36. The molecular weight excluding hydrogens is 638 g/mol. The number of rotatable bonds is 10. The maximum absolute atomic E-state index is 14.9. The first kappa shape index (κ1) is 37.6. The molecule has 2 bridgehead atoms. The lowest BCUT2D eigenvalue weighted by Gasteiger charge is -2.71. The molecule has 51 heavy (non-hydrogen) atoms. The smallest absolute Gasteiger partial charge is 0.410 e. The van der Waals surface area contributed by atoms with Gasteiger partial charge in [0.1, 0.15) is 6.10 Å². The van der Waals surface area contributed by atoms with Crippen LogP contribution in [0, 0.1) is 57.2 Å². The highest BCUT2D eigenvalue weighted by atomic mass is 16.6. The molecule has 286 valence electrons. The highest BCUT2D eigenvalue weighted by Gasteiger charge is 2.74. The Morgan fingerprint density at radius 1 is 0.941 bits per heavy atom. The predicted octanol–water partition coefficient (Wildman–Crippen LogP) is 8.66. The molecule has 7 heteroatoms. The number of carbonyl (C=O) groups excluding carboxylic acids is 2. The second-order valence-electron chi connectivity index (χ2n) is 19.5. The van der Waals surface area contributed by atoms with E-state index in [2.05, 4.69) is 52.8 Å². The van der Waals surface area contributed by atoms with E-state index in [1.807, 2.05) is 4.90 Å². The third kappa shape index (κ3) is 5.92. The molecule has 8 rings (SSSR count). The van der Waals surface area contributed by atoms with Gasteiger partial charge in [-0.2, -0.15) is 0 Å². The van der Waals surface area contributed by atoms with Gasteiger partial charge >= 0.3 is 6.09 Å². The molecule has 2 spiro atoms. The average Bonchev–Trinajstić information content (AvgIpc) is 3.37. The standard InChI is InChI=1S/C44H69NO6/c1-29(2)33-14-13-30(3)25-35(33)51-39(48)45(23-10-24-50-6)28-43(49)20-17-37-41(43,5)19-16-36-40(4)18-15-32(46)26-42(40)21-22-44(36,37)34(27-42)38(47)31-11-8-7-9-12-31/h21-22,27,29-33,35-37,46,49H,7-20,23-26,28H2,1-6H3. The van der Waals surface area contributed by atoms with Crippen LogP contribution in [0.4, 0.5) is 4.79 Å². The molecule has 0 aromatic carbocycles. The molecule has 0 aromatic rings. The third-order valence-corrected chi connectivity index (χ3v) is 16.7. The molecule has 11 atom stereocenters. The molecule has 11 unspecified atom stereocenters. The number of aliphatic hydroxyl groups is 2. The molecule has 0 radical (unpaired) electrons. The Balaban J connectivity index is 1.22. The van der Waals surface area contributed by atoms with Crippen molar-refractivity contribution >= 4 is 11.9 Å². The maximum atomic E-state index is 14.9. The van der Waals surface area contributed by atoms with Gasteiger partial charge in [-0.15, -0.1) is 0 Å². The number of hydrogen-bond acceptors (Lipinski definition) is 6. The molecule has 5 fully saturated rings. The van der Waals surface area contributed by atoms with Crippen molar-refractivity contribution in [3.8, 4) is 0 Å². The number of carbonyl (C=O) groups is 2. The predicted molar refractivity (Wildman–Crippen MR) is 200 cm³/mol. The van der Waals surface area contributed by atoms with Crippen molar-refractivity contribution in [3.05, 3.63) is 23.8 Å². The van der Waals surface area contributed by atoms with E-state index in [-0.39, 0.29) is 47.5 Å². The zero-order valence-electron chi connectivity index (χ0n) is 32.8. The van der Waals surface area contributed by atoms with Crippen LogP contribution in [0.5, 0.6) is 0 Å². The molecule has 0 aliphatic heterocycles. The van der Waals surface area contributed by atoms with Gasteiger partial charge in [-0.1, -0.05) is 78.5 Å². The summed E-state index contributed by atoms with van der Waals surface area (Å²) in [7, 11) is 1.69. The lowest BCUT2D eigenvalue weighted by atomic mass is 9.32. The van der Waals surface area contributed by atoms with Crippen molar-refractivity contribution in [3.63, 3.8) is 0 Å². The number of ether oxygens (including phenoxy) is 2. The fourth-order valence-corrected chi connectivity index (χ4v) is 13.6. The first-order valence-corrected chi connectivity index (χ1v) is 21.1. The Morgan fingerprint density at radius 3 is 2.37 bits per heavy atom. The first-order chi connectivity index (χ1) is 24.2. The van der Waals surface area contributed by atoms with Gasteiger partial charge in [0, 0.05) is 48.0 Å². The van der Waals surface area contributed by atoms with Crippen molar-refractivity contribution in [1.29, 1.82) is 0 Å². The van der Waals surface area contributed by atoms with Gasteiger partial charge in [-0.25, -0.2) is 4.79 Å². The Morgan fingerprint density at radius 2 is 1.65 bits per heavy atom. The lowest BCUT2D eigenvalue weighted by molar-refractivity contribution is -0.179. The summed E-state index contributed by atoms with van der Waals surface area (Å²) in [5.74, 6) is 2.11. The highest BCUT2D eigenvalue weighted by molar-refractivity contribution is 6.00. The zero-order valence-corrected chi connectivity index (χ0v) is 32.8. The minimum Gasteiger partial charge on any atom is -0.446 e. The van der Waals surface area contributed by atoms with Crippen molar-refractivity contribution in [2.24, 2.45) is 57.2 Å². The van der Waals surface area contributed by atoms with E-state index in [4.69, 9.17) is 9.47 Å². The number of nitrogens with zero attached hydrogens (tertiary/aromatic N) is 1. The van der Waals surface area contributed by atoms with Crippen molar-refractivity contribution in [2.45, 2.75) is 155 Å². The summed E-state index contributed by atoms with van der Waals surface area (Å²) in [4.78, 5) is 30.9. The van der Waals surface area contributed by atoms with E-state index in [0.29, 0.717) is 61.9 Å². The number of Topliss-reactive ketones (excluding diaryl/α,β-unsaturated/α-hetero) is 1. The maximum Gasteiger partial charge on any atom is 0.410 e. The summed E-state index contributed by atoms with van der Waals surface area (Å²) in [5, 5.41) is 24.1. The molecule has 8 aliphatic rings. The normalized spacial score (nSPS) is 44.8. The lowest BCUT2D eigenvalue weighted by Crippen LogP contribution is -2.67. The van der Waals surface area contributed by atoms with E-state index in [1.54, 1.807) is 7.11 Å². The van der Waals surface area contributed by atoms with E-state index in [1.165, 1.54) is 12.8 Å². The summed E-state index contributed by atoms with van der Waals surface area (Å²) in [6.07, 6.45) is 21.3. The molecule has 8 aliphatic carbocycles. The highest BCUT2D eigenvalue weighted by Crippen LogP contribution is 2.78. The zero-order chi connectivity index (χ0) is 36.4. The number of ketones is 1. The molecule has 2 N–H and O–H groups in total. The number of methoxy groups -OCH3 is 1. The van der Waals surface area contributed by atoms with Crippen LogP contribution in [0.3, 0.4) is 0 Å². The summed E-state index contributed by atoms with van der Waals surface area (Å²) >= 11 is 0. The number of allylic oxidation sites excluding steroid dienone is 4. The topological polar surface area (TPSA) is 96.3 Å². The number of fused-ring (bicyclic) bond motifs is 1. The molecule has 5 saturated carbocycles. The molecule has 0 heterocycles. The van der Waals surface area contributed by atoms with Crippen molar-refractivity contribution in [1.82, 2.24) is 4.90 Å². The van der Waals surface area contributed by atoms with Crippen LogP contribution in [0.1, 0.15) is 137 Å². The van der Waals surface area contributed by atoms with Crippen molar-refractivity contribution in [2.75, 3.05) is 26.8 Å². The van der Waals surface area contributed by atoms with E-state index >= 15 is 0 Å². The van der Waals surface area contributed by atoms with Gasteiger partial charge in [0.25, 0.3) is 0 Å². The fourth-order valence-electron chi connectivity index (χ4n) is 13.6. The minimum atomic E-state index is -1.11. The SMILES string of the molecule is COCCCN(CC1(O)CCC2C34C=CC5(C=C3C(=O)C3CCCCC3)CC(O)CCC5(C)C4CCC21C)C(=O)OC1CC(C)CCC1C(C)C. The third-order valence-electron chi connectivity index (χ3n) is 16.7. The van der Waals surface area contributed by atoms with Crippen LogP contribution in [-0.2, 0) is 14.3 Å². The molecule has 0 saturated heterocycles. The van der Waals surface area contributed by atoms with Gasteiger partial charge in [0.2, 0.25) is 0 Å². The Hall–Kier alpha value is -1.70. The summed E-state index contributed by atoms with van der Waals surface area (Å²) < 4.78 is 11.8. The van der Waals surface area contributed by atoms with Crippen molar-refractivity contribution < 1.29 is 29.3 Å². The van der Waals surface area contributed by atoms with Gasteiger partial charge in [0.15, 0.2) is 5.78 Å². The minimum absolute atomic E-state index is 0.0422. The van der Waals surface area contributed by atoms with Crippen LogP contribution < -0.4 is 0 Å². The van der Waals surface area contributed by atoms with Gasteiger partial charge in [0.05, 0.1) is 18.2 Å². The first-order valence-electron chi connectivity index (χ1n) is 21.1. The van der Waals surface area contributed by atoms with E-state index in [0.717, 1.165) is 76.2 Å². The average molecular weight is 708 g/mol. The monoisotopic (exact) mass is 708 g/mol. The van der Waals surface area contributed by atoms with Crippen LogP contribution in [0.2, 0.25) is 0 Å². The number of aliphatic hydroxyl groups excluding tert-OH is 1. The summed E-state index contributed by atoms with van der Waals surface area (Å²) in [6, 6.07) is 0. The Bertz CT molecular complexity index is 1380. The van der Waals surface area contributed by atoms with Gasteiger partial charge in [-0.05, 0) is 112 Å². The van der Waals surface area contributed by atoms with Crippen LogP contribution >= 0.6 is 0 Å². The molecule has 0 aromatic heterocycles. The summed E-state index contributed by atoms with van der Waals surface area (Å²) in [6.45, 7) is 12.7. The number of amides is 1. The van der Waals surface area contributed by atoms with E-state index < -0.39 is 16.4 Å². The van der Waals surface area contributed by atoms with Crippen LogP contribution in [-0.4, -0.2) is 71.6 Å². The van der Waals surface area contributed by atoms with Crippen LogP contribution in [0.25, 0.3) is 0 Å². The molecule has 1 amide bonds. The molecule has 7 nitrogen and oxygen atoms in total. The van der Waals surface area contributed by atoms with E-state index in [9.17, 15) is 19.8 Å². The van der Waals surface area contributed by atoms with Crippen LogP contribution in [0.15, 0.2) is 23.8 Å². The van der Waals surface area contributed by atoms with Gasteiger partial charge in [-0.3, -0.25) is 4.79 Å². The Labute approximate surface area is 308 Å².